The second-order valence-corrected chi connectivity index (χ2v) is 3.19. The molecule has 62 valence electrons. The van der Waals surface area contributed by atoms with Gasteiger partial charge in [-0.15, -0.1) is 11.3 Å². The normalized spacial score (nSPS) is 16.3. The van der Waals surface area contributed by atoms with Crippen LogP contribution in [0.5, 0.6) is 0 Å². The van der Waals surface area contributed by atoms with Gasteiger partial charge in [0.25, 0.3) is 0 Å². The van der Waals surface area contributed by atoms with E-state index in [9.17, 15) is 9.50 Å². The molecule has 0 bridgehead atoms. The maximum absolute atomic E-state index is 12.7. The first kappa shape index (κ1) is 8.64. The molecule has 0 aliphatic heterocycles. The van der Waals surface area contributed by atoms with Gasteiger partial charge in [-0.2, -0.15) is 0 Å². The maximum atomic E-state index is 12.7. The molecule has 0 spiro atoms. The molecule has 4 heteroatoms. The summed E-state index contributed by atoms with van der Waals surface area (Å²) in [5.41, 5.74) is 5.05. The summed E-state index contributed by atoms with van der Waals surface area (Å²) in [4.78, 5) is 0.628. The summed E-state index contributed by atoms with van der Waals surface area (Å²) < 4.78 is 12.7. The van der Waals surface area contributed by atoms with Gasteiger partial charge in [-0.25, -0.2) is 4.39 Å². The van der Waals surface area contributed by atoms with Crippen molar-refractivity contribution in [2.45, 2.75) is 12.3 Å². The number of aliphatic hydroxyl groups excluding tert-OH is 1. The van der Waals surface area contributed by atoms with E-state index in [1.807, 2.05) is 0 Å². The zero-order valence-corrected chi connectivity index (χ0v) is 6.72. The van der Waals surface area contributed by atoms with Crippen molar-refractivity contribution in [3.05, 3.63) is 22.4 Å². The third-order valence-electron chi connectivity index (χ3n) is 1.40. The first-order chi connectivity index (χ1) is 5.25. The van der Waals surface area contributed by atoms with Gasteiger partial charge in [0.05, 0.1) is 0 Å². The molecule has 0 saturated heterocycles. The van der Waals surface area contributed by atoms with Gasteiger partial charge in [0.2, 0.25) is 0 Å². The lowest BCUT2D eigenvalue weighted by molar-refractivity contribution is 0.0854. The highest BCUT2D eigenvalue weighted by atomic mass is 32.1. The van der Waals surface area contributed by atoms with Crippen LogP contribution in [0.2, 0.25) is 0 Å². The van der Waals surface area contributed by atoms with E-state index in [2.05, 4.69) is 0 Å². The Morgan fingerprint density at radius 3 is 2.91 bits per heavy atom. The quantitative estimate of drug-likeness (QED) is 0.722. The average molecular weight is 175 g/mol. The summed E-state index contributed by atoms with van der Waals surface area (Å²) in [5.74, 6) is 0. The van der Waals surface area contributed by atoms with Crippen molar-refractivity contribution >= 4 is 11.3 Å². The number of rotatable bonds is 3. The molecular weight excluding hydrogens is 165 g/mol. The van der Waals surface area contributed by atoms with Crippen molar-refractivity contribution in [2.24, 2.45) is 5.73 Å². The number of alkyl halides is 1. The standard InChI is InChI=1S/C7H10FNOS/c8-5(4-9)7(10)6-2-1-3-11-6/h1-3,5,7,10H,4,9H2. The second kappa shape index (κ2) is 3.80. The molecule has 1 aromatic rings. The van der Waals surface area contributed by atoms with Crippen LogP contribution >= 0.6 is 11.3 Å². The van der Waals surface area contributed by atoms with E-state index in [0.717, 1.165) is 0 Å². The molecule has 2 nitrogen and oxygen atoms in total. The molecule has 0 amide bonds. The lowest BCUT2D eigenvalue weighted by atomic mass is 10.2. The van der Waals surface area contributed by atoms with Gasteiger partial charge in [-0.05, 0) is 11.4 Å². The number of hydrogen-bond donors (Lipinski definition) is 2. The Labute approximate surface area is 68.5 Å². The molecule has 0 saturated carbocycles. The highest BCUT2D eigenvalue weighted by Gasteiger charge is 2.18. The van der Waals surface area contributed by atoms with Gasteiger partial charge in [0, 0.05) is 11.4 Å². The third-order valence-corrected chi connectivity index (χ3v) is 2.35. The van der Waals surface area contributed by atoms with Crippen molar-refractivity contribution in [2.75, 3.05) is 6.54 Å². The first-order valence-electron chi connectivity index (χ1n) is 3.31. The van der Waals surface area contributed by atoms with Crippen LogP contribution in [0.1, 0.15) is 11.0 Å². The van der Waals surface area contributed by atoms with Crippen LogP contribution in [0.3, 0.4) is 0 Å². The topological polar surface area (TPSA) is 46.2 Å². The molecular formula is C7H10FNOS. The third kappa shape index (κ3) is 1.99. The number of hydrogen-bond acceptors (Lipinski definition) is 3. The lowest BCUT2D eigenvalue weighted by Gasteiger charge is -2.11. The Morgan fingerprint density at radius 1 is 1.73 bits per heavy atom. The summed E-state index contributed by atoms with van der Waals surface area (Å²) >= 11 is 1.33. The number of halogens is 1. The first-order valence-corrected chi connectivity index (χ1v) is 4.19. The zero-order chi connectivity index (χ0) is 8.27. The van der Waals surface area contributed by atoms with E-state index >= 15 is 0 Å². The Balaban J connectivity index is 2.62. The largest absolute Gasteiger partial charge is 0.384 e. The summed E-state index contributed by atoms with van der Waals surface area (Å²) in [7, 11) is 0. The minimum atomic E-state index is -1.35. The van der Waals surface area contributed by atoms with Crippen LogP contribution in [0.15, 0.2) is 17.5 Å². The molecule has 1 heterocycles. The zero-order valence-electron chi connectivity index (χ0n) is 5.90. The Hall–Kier alpha value is -0.450. The fraction of sp³-hybridized carbons (Fsp3) is 0.429. The van der Waals surface area contributed by atoms with E-state index in [4.69, 9.17) is 5.73 Å². The van der Waals surface area contributed by atoms with Gasteiger partial charge in [0.15, 0.2) is 0 Å². The fourth-order valence-electron chi connectivity index (χ4n) is 0.767. The highest BCUT2D eigenvalue weighted by molar-refractivity contribution is 7.10. The molecule has 0 fully saturated rings. The Bertz CT molecular complexity index is 202. The lowest BCUT2D eigenvalue weighted by Crippen LogP contribution is -2.22. The van der Waals surface area contributed by atoms with E-state index in [-0.39, 0.29) is 6.54 Å². The van der Waals surface area contributed by atoms with E-state index in [1.54, 1.807) is 17.5 Å². The molecule has 1 rings (SSSR count). The van der Waals surface area contributed by atoms with E-state index < -0.39 is 12.3 Å². The van der Waals surface area contributed by atoms with Crippen LogP contribution in [-0.2, 0) is 0 Å². The molecule has 2 unspecified atom stereocenters. The number of nitrogens with two attached hydrogens (primary N) is 1. The van der Waals surface area contributed by atoms with Gasteiger partial charge in [-0.3, -0.25) is 0 Å². The van der Waals surface area contributed by atoms with Crippen molar-refractivity contribution in [3.63, 3.8) is 0 Å². The molecule has 2 atom stereocenters. The number of aliphatic hydroxyl groups is 1. The van der Waals surface area contributed by atoms with Gasteiger partial charge in [-0.1, -0.05) is 6.07 Å². The molecule has 0 radical (unpaired) electrons. The summed E-state index contributed by atoms with van der Waals surface area (Å²) in [5, 5.41) is 11.0. The van der Waals surface area contributed by atoms with Crippen LogP contribution in [0, 0.1) is 0 Å². The monoisotopic (exact) mass is 175 g/mol. The summed E-state index contributed by atoms with van der Waals surface area (Å²) in [6, 6.07) is 3.46. The van der Waals surface area contributed by atoms with Crippen LogP contribution in [-0.4, -0.2) is 17.8 Å². The number of thiophene rings is 1. The Morgan fingerprint density at radius 2 is 2.45 bits per heavy atom. The smallest absolute Gasteiger partial charge is 0.143 e. The predicted molar refractivity (Wildman–Crippen MR) is 43.2 cm³/mol. The van der Waals surface area contributed by atoms with Gasteiger partial charge in [0.1, 0.15) is 12.3 Å². The van der Waals surface area contributed by atoms with E-state index in [1.165, 1.54) is 11.3 Å². The SMILES string of the molecule is NCC(F)C(O)c1cccs1. The fourth-order valence-corrected chi connectivity index (χ4v) is 1.53. The van der Waals surface area contributed by atoms with Crippen LogP contribution < -0.4 is 5.73 Å². The Kier molecular flexibility index (Phi) is 2.99. The van der Waals surface area contributed by atoms with Gasteiger partial charge >= 0.3 is 0 Å². The summed E-state index contributed by atoms with van der Waals surface area (Å²) in [6.45, 7) is -0.140. The molecule has 3 N–H and O–H groups in total. The molecule has 1 aromatic heterocycles. The average Bonchev–Trinajstić information content (AvgIpc) is 2.53. The van der Waals surface area contributed by atoms with E-state index in [0.29, 0.717) is 4.88 Å². The summed E-state index contributed by atoms with van der Waals surface area (Å²) in [6.07, 6.45) is -2.41. The van der Waals surface area contributed by atoms with Gasteiger partial charge < -0.3 is 10.8 Å². The van der Waals surface area contributed by atoms with Crippen LogP contribution in [0.4, 0.5) is 4.39 Å². The predicted octanol–water partition coefficient (Wildman–Crippen LogP) is 1.08. The van der Waals surface area contributed by atoms with Crippen LogP contribution in [0.25, 0.3) is 0 Å². The highest BCUT2D eigenvalue weighted by Crippen LogP contribution is 2.22. The minimum absolute atomic E-state index is 0.140. The molecule has 0 aliphatic rings. The van der Waals surface area contributed by atoms with Crippen molar-refractivity contribution in [1.29, 1.82) is 0 Å². The second-order valence-electron chi connectivity index (χ2n) is 2.21. The molecule has 11 heavy (non-hydrogen) atoms. The maximum Gasteiger partial charge on any atom is 0.143 e. The van der Waals surface area contributed by atoms with Crippen molar-refractivity contribution in [1.82, 2.24) is 0 Å². The van der Waals surface area contributed by atoms with Crippen molar-refractivity contribution < 1.29 is 9.50 Å². The molecule has 0 aromatic carbocycles. The minimum Gasteiger partial charge on any atom is -0.384 e. The van der Waals surface area contributed by atoms with Crippen molar-refractivity contribution in [3.8, 4) is 0 Å². The molecule has 0 aliphatic carbocycles.